The SMILES string of the molecule is [2H]C([2H])([2H])N(C(=O)[C@@H]1CN(C)S(=O)(=O)N1c1cc(C(F)(F)F)cc(C)n1)c1cccc(C)c1. The van der Waals surface area contributed by atoms with E-state index >= 15 is 0 Å². The number of nitrogens with zero attached hydrogens (tertiary/aromatic N) is 4. The van der Waals surface area contributed by atoms with Crippen molar-refractivity contribution in [2.75, 3.05) is 29.8 Å². The van der Waals surface area contributed by atoms with Crippen LogP contribution in [0.25, 0.3) is 0 Å². The van der Waals surface area contributed by atoms with Crippen molar-refractivity contribution in [1.29, 1.82) is 0 Å². The zero-order valence-electron chi connectivity index (χ0n) is 19.3. The highest BCUT2D eigenvalue weighted by Gasteiger charge is 2.48. The molecule has 1 atom stereocenters. The predicted molar refractivity (Wildman–Crippen MR) is 106 cm³/mol. The molecule has 1 fully saturated rings. The van der Waals surface area contributed by atoms with Crippen LogP contribution in [0.15, 0.2) is 36.4 Å². The summed E-state index contributed by atoms with van der Waals surface area (Å²) in [4.78, 5) is 17.9. The van der Waals surface area contributed by atoms with E-state index in [4.69, 9.17) is 4.11 Å². The van der Waals surface area contributed by atoms with Crippen LogP contribution in [-0.4, -0.2) is 50.2 Å². The first-order valence-electron chi connectivity index (χ1n) is 10.3. The highest BCUT2D eigenvalue weighted by atomic mass is 32.2. The lowest BCUT2D eigenvalue weighted by Gasteiger charge is -2.27. The molecule has 0 spiro atoms. The second-order valence-corrected chi connectivity index (χ2v) is 8.88. The molecule has 30 heavy (non-hydrogen) atoms. The third kappa shape index (κ3) is 3.99. The Morgan fingerprint density at radius 1 is 1.27 bits per heavy atom. The second kappa shape index (κ2) is 7.55. The molecule has 0 radical (unpaired) electrons. The number of likely N-dealkylation sites (N-methyl/N-ethyl adjacent to an activating group) is 2. The van der Waals surface area contributed by atoms with E-state index in [0.29, 0.717) is 20.8 Å². The Hall–Kier alpha value is -2.66. The van der Waals surface area contributed by atoms with Gasteiger partial charge in [-0.15, -0.1) is 0 Å². The molecule has 3 rings (SSSR count). The molecule has 1 aliphatic heterocycles. The maximum Gasteiger partial charge on any atom is 0.416 e. The normalized spacial score (nSPS) is 21.1. The van der Waals surface area contributed by atoms with E-state index < -0.39 is 53.2 Å². The Bertz CT molecular complexity index is 1190. The molecule has 0 unspecified atom stereocenters. The zero-order chi connectivity index (χ0) is 24.9. The fourth-order valence-corrected chi connectivity index (χ4v) is 4.59. The largest absolute Gasteiger partial charge is 0.416 e. The van der Waals surface area contributed by atoms with Crippen LogP contribution in [0.5, 0.6) is 0 Å². The van der Waals surface area contributed by atoms with Crippen molar-refractivity contribution in [3.63, 3.8) is 0 Å². The summed E-state index contributed by atoms with van der Waals surface area (Å²) in [5, 5.41) is 0. The quantitative estimate of drug-likeness (QED) is 0.728. The molecule has 0 N–H and O–H groups in total. The molecule has 0 bridgehead atoms. The minimum Gasteiger partial charge on any atom is -0.314 e. The number of amides is 1. The molecule has 1 aromatic heterocycles. The number of benzene rings is 1. The highest BCUT2D eigenvalue weighted by molar-refractivity contribution is 7.90. The number of hydrogen-bond acceptors (Lipinski definition) is 4. The maximum absolute atomic E-state index is 13.5. The average Bonchev–Trinajstić information content (AvgIpc) is 2.89. The fourth-order valence-electron chi connectivity index (χ4n) is 3.15. The van der Waals surface area contributed by atoms with E-state index in [9.17, 15) is 26.4 Å². The van der Waals surface area contributed by atoms with E-state index in [1.54, 1.807) is 13.0 Å². The number of carbonyl (C=O) groups excluding carboxylic acids is 1. The molecule has 0 aliphatic carbocycles. The molecule has 0 saturated carbocycles. The molecular weight excluding hydrogens is 421 g/mol. The maximum atomic E-state index is 13.5. The Labute approximate surface area is 177 Å². The van der Waals surface area contributed by atoms with Crippen LogP contribution in [0.2, 0.25) is 0 Å². The second-order valence-electron chi connectivity index (χ2n) is 6.97. The average molecular weight is 445 g/mol. The minimum atomic E-state index is -4.79. The molecule has 2 heterocycles. The van der Waals surface area contributed by atoms with Gasteiger partial charge in [0.1, 0.15) is 11.9 Å². The van der Waals surface area contributed by atoms with Crippen molar-refractivity contribution in [3.8, 4) is 0 Å². The van der Waals surface area contributed by atoms with Gasteiger partial charge in [0.15, 0.2) is 0 Å². The summed E-state index contributed by atoms with van der Waals surface area (Å²) in [7, 11) is -3.31. The highest BCUT2D eigenvalue weighted by Crippen LogP contribution is 2.35. The van der Waals surface area contributed by atoms with E-state index in [1.165, 1.54) is 25.1 Å². The van der Waals surface area contributed by atoms with Crippen LogP contribution in [0, 0.1) is 13.8 Å². The molecule has 1 saturated heterocycles. The van der Waals surface area contributed by atoms with Gasteiger partial charge in [-0.25, -0.2) is 9.29 Å². The summed E-state index contributed by atoms with van der Waals surface area (Å²) in [5.74, 6) is -1.75. The Morgan fingerprint density at radius 2 is 1.97 bits per heavy atom. The van der Waals surface area contributed by atoms with Gasteiger partial charge in [-0.3, -0.25) is 4.79 Å². The van der Waals surface area contributed by atoms with Crippen molar-refractivity contribution < 1.29 is 30.5 Å². The molecule has 7 nitrogen and oxygen atoms in total. The summed E-state index contributed by atoms with van der Waals surface area (Å²) >= 11 is 0. The van der Waals surface area contributed by atoms with Crippen LogP contribution in [-0.2, 0) is 21.2 Å². The zero-order valence-corrected chi connectivity index (χ0v) is 17.1. The molecule has 162 valence electrons. The Balaban J connectivity index is 2.17. The van der Waals surface area contributed by atoms with Crippen LogP contribution >= 0.6 is 0 Å². The molecule has 2 aromatic rings. The molecule has 1 aliphatic rings. The fraction of sp³-hybridized carbons (Fsp3) is 0.368. The first kappa shape index (κ1) is 18.1. The lowest BCUT2D eigenvalue weighted by Crippen LogP contribution is -2.47. The van der Waals surface area contributed by atoms with E-state index in [-0.39, 0.29) is 11.4 Å². The monoisotopic (exact) mass is 445 g/mol. The molecule has 1 aromatic carbocycles. The Kier molecular flexibility index (Phi) is 4.56. The van der Waals surface area contributed by atoms with Gasteiger partial charge < -0.3 is 4.90 Å². The number of carbonyl (C=O) groups is 1. The van der Waals surface area contributed by atoms with Crippen molar-refractivity contribution in [3.05, 3.63) is 53.2 Å². The van der Waals surface area contributed by atoms with Crippen LogP contribution in [0.3, 0.4) is 0 Å². The smallest absolute Gasteiger partial charge is 0.314 e. The summed E-state index contributed by atoms with van der Waals surface area (Å²) in [6.45, 7) is -0.528. The van der Waals surface area contributed by atoms with Crippen molar-refractivity contribution in [1.82, 2.24) is 9.29 Å². The van der Waals surface area contributed by atoms with Gasteiger partial charge in [0.25, 0.3) is 5.91 Å². The van der Waals surface area contributed by atoms with Gasteiger partial charge in [0.2, 0.25) is 0 Å². The van der Waals surface area contributed by atoms with Gasteiger partial charge in [-0.1, -0.05) is 12.1 Å². The summed E-state index contributed by atoms with van der Waals surface area (Å²) in [5.41, 5.74) is -0.618. The standard InChI is InChI=1S/C19H21F3N4O3S/c1-12-6-5-7-15(8-12)25(4)18(27)16-11-24(3)30(28,29)26(16)17-10-14(19(20,21)22)9-13(2)23-17/h5-10,16H,11H2,1-4H3/t16-/m0/s1/i4D3. The number of alkyl halides is 3. The van der Waals surface area contributed by atoms with Crippen LogP contribution in [0.1, 0.15) is 20.9 Å². The molecule has 1 amide bonds. The number of aromatic nitrogens is 1. The summed E-state index contributed by atoms with van der Waals surface area (Å²) in [6.07, 6.45) is -4.79. The van der Waals surface area contributed by atoms with Gasteiger partial charge in [0.05, 0.1) is 5.56 Å². The van der Waals surface area contributed by atoms with Gasteiger partial charge in [-0.05, 0) is 43.7 Å². The van der Waals surface area contributed by atoms with Crippen molar-refractivity contribution >= 4 is 27.6 Å². The van der Waals surface area contributed by atoms with Gasteiger partial charge in [-0.2, -0.15) is 25.9 Å². The molecular formula is C19H21F3N4O3S. The number of rotatable bonds is 3. The first-order chi connectivity index (χ1) is 15.0. The summed E-state index contributed by atoms with van der Waals surface area (Å²) in [6, 6.07) is 5.64. The summed E-state index contributed by atoms with van der Waals surface area (Å²) < 4.78 is 90.7. The number of pyridine rings is 1. The topological polar surface area (TPSA) is 73.8 Å². The third-order valence-corrected chi connectivity index (χ3v) is 6.49. The number of halogens is 3. The lowest BCUT2D eigenvalue weighted by molar-refractivity contribution is -0.137. The van der Waals surface area contributed by atoms with E-state index in [1.807, 2.05) is 0 Å². The van der Waals surface area contributed by atoms with Gasteiger partial charge in [0, 0.05) is 36.1 Å². The number of hydrogen-bond donors (Lipinski definition) is 0. The minimum absolute atomic E-state index is 0.0000768. The predicted octanol–water partition coefficient (Wildman–Crippen LogP) is 2.75. The van der Waals surface area contributed by atoms with Crippen LogP contribution in [0.4, 0.5) is 24.7 Å². The number of aryl methyl sites for hydroxylation is 2. The first-order valence-corrected chi connectivity index (χ1v) is 10.2. The van der Waals surface area contributed by atoms with Crippen molar-refractivity contribution in [2.24, 2.45) is 0 Å². The van der Waals surface area contributed by atoms with Gasteiger partial charge >= 0.3 is 16.4 Å². The van der Waals surface area contributed by atoms with Crippen LogP contribution < -0.4 is 9.21 Å². The molecule has 11 heteroatoms. The Morgan fingerprint density at radius 3 is 2.57 bits per heavy atom. The third-order valence-electron chi connectivity index (χ3n) is 4.61. The van der Waals surface area contributed by atoms with Crippen molar-refractivity contribution in [2.45, 2.75) is 26.1 Å². The van der Waals surface area contributed by atoms with E-state index in [0.717, 1.165) is 17.4 Å². The lowest BCUT2D eigenvalue weighted by atomic mass is 10.1. The van der Waals surface area contributed by atoms with E-state index in [2.05, 4.69) is 4.98 Å². The number of anilines is 2.